The van der Waals surface area contributed by atoms with Crippen molar-refractivity contribution in [1.29, 1.82) is 0 Å². The van der Waals surface area contributed by atoms with Gasteiger partial charge in [-0.3, -0.25) is 4.79 Å². The number of carbonyl (C=O) groups is 1. The third-order valence-electron chi connectivity index (χ3n) is 2.24. The Morgan fingerprint density at radius 2 is 1.95 bits per heavy atom. The molecule has 1 rings (SSSR count). The molecule has 1 amide bonds. The number of nitrogens with one attached hydrogen (secondary N) is 2. The summed E-state index contributed by atoms with van der Waals surface area (Å²) in [5.41, 5.74) is -1.49. The molecule has 0 bridgehead atoms. The Balaban J connectivity index is 2.80. The van der Waals surface area contributed by atoms with E-state index in [4.69, 9.17) is 0 Å². The number of hydrogen-bond acceptors (Lipinski definition) is 2. The lowest BCUT2D eigenvalue weighted by Crippen LogP contribution is -2.32. The zero-order valence-corrected chi connectivity index (χ0v) is 10.4. The Bertz CT molecular complexity index is 458. The van der Waals surface area contributed by atoms with Crippen LogP contribution in [0.5, 0.6) is 0 Å². The van der Waals surface area contributed by atoms with E-state index < -0.39 is 29.2 Å². The normalized spacial score (nSPS) is 11.7. The lowest BCUT2D eigenvalue weighted by Gasteiger charge is -2.12. The smallest absolute Gasteiger partial charge is 0.322 e. The molecular formula is C12H14F4N2O. The summed E-state index contributed by atoms with van der Waals surface area (Å²) < 4.78 is 50.6. The van der Waals surface area contributed by atoms with E-state index in [-0.39, 0.29) is 12.6 Å². The van der Waals surface area contributed by atoms with Crippen molar-refractivity contribution in [3.05, 3.63) is 29.6 Å². The average molecular weight is 278 g/mol. The number of hydrogen-bond donors (Lipinski definition) is 2. The molecule has 7 heteroatoms. The van der Waals surface area contributed by atoms with Crippen molar-refractivity contribution in [1.82, 2.24) is 5.32 Å². The zero-order valence-electron chi connectivity index (χ0n) is 10.4. The SMILES string of the molecule is CC(C)NCC(=O)Nc1cc(C(F)(F)F)ccc1F. The monoisotopic (exact) mass is 278 g/mol. The van der Waals surface area contributed by atoms with Gasteiger partial charge in [-0.1, -0.05) is 13.8 Å². The second kappa shape index (κ2) is 6.01. The van der Waals surface area contributed by atoms with Crippen LogP contribution in [0.1, 0.15) is 19.4 Å². The highest BCUT2D eigenvalue weighted by Gasteiger charge is 2.31. The summed E-state index contributed by atoms with van der Waals surface area (Å²) in [4.78, 5) is 11.4. The first-order valence-electron chi connectivity index (χ1n) is 5.60. The number of amides is 1. The van der Waals surface area contributed by atoms with Gasteiger partial charge < -0.3 is 10.6 Å². The number of rotatable bonds is 4. The van der Waals surface area contributed by atoms with E-state index in [1.807, 2.05) is 0 Å². The van der Waals surface area contributed by atoms with Crippen LogP contribution in [0.25, 0.3) is 0 Å². The maximum absolute atomic E-state index is 13.3. The van der Waals surface area contributed by atoms with Crippen LogP contribution < -0.4 is 10.6 Å². The van der Waals surface area contributed by atoms with Gasteiger partial charge in [0.25, 0.3) is 0 Å². The Morgan fingerprint density at radius 3 is 2.47 bits per heavy atom. The fraction of sp³-hybridized carbons (Fsp3) is 0.417. The molecular weight excluding hydrogens is 264 g/mol. The molecule has 0 spiro atoms. The maximum Gasteiger partial charge on any atom is 0.416 e. The van der Waals surface area contributed by atoms with E-state index in [1.165, 1.54) is 0 Å². The van der Waals surface area contributed by atoms with Gasteiger partial charge in [0.05, 0.1) is 17.8 Å². The predicted molar refractivity (Wildman–Crippen MR) is 63.2 cm³/mol. The summed E-state index contributed by atoms with van der Waals surface area (Å²) >= 11 is 0. The number of benzene rings is 1. The molecule has 0 fully saturated rings. The number of halogens is 4. The molecule has 0 aliphatic heterocycles. The third kappa shape index (κ3) is 4.86. The van der Waals surface area contributed by atoms with E-state index in [1.54, 1.807) is 13.8 Å². The summed E-state index contributed by atoms with van der Waals surface area (Å²) in [5, 5.41) is 4.87. The van der Waals surface area contributed by atoms with Gasteiger partial charge in [-0.2, -0.15) is 13.2 Å². The second-order valence-electron chi connectivity index (χ2n) is 4.28. The molecule has 106 valence electrons. The largest absolute Gasteiger partial charge is 0.416 e. The maximum atomic E-state index is 13.3. The van der Waals surface area contributed by atoms with Gasteiger partial charge in [-0.15, -0.1) is 0 Å². The molecule has 0 atom stereocenters. The molecule has 1 aromatic carbocycles. The van der Waals surface area contributed by atoms with Crippen LogP contribution in [-0.4, -0.2) is 18.5 Å². The van der Waals surface area contributed by atoms with Gasteiger partial charge in [-0.25, -0.2) is 4.39 Å². The molecule has 0 saturated heterocycles. The van der Waals surface area contributed by atoms with E-state index in [0.29, 0.717) is 18.2 Å². The standard InChI is InChI=1S/C12H14F4N2O/c1-7(2)17-6-11(19)18-10-5-8(12(14,15)16)3-4-9(10)13/h3-5,7,17H,6H2,1-2H3,(H,18,19). The molecule has 0 aliphatic rings. The second-order valence-corrected chi connectivity index (χ2v) is 4.28. The van der Waals surface area contributed by atoms with E-state index >= 15 is 0 Å². The quantitative estimate of drug-likeness (QED) is 0.831. The minimum Gasteiger partial charge on any atom is -0.322 e. The highest BCUT2D eigenvalue weighted by molar-refractivity contribution is 5.92. The summed E-state index contributed by atoms with van der Waals surface area (Å²) in [6.07, 6.45) is -4.58. The van der Waals surface area contributed by atoms with Crippen LogP contribution in [0.2, 0.25) is 0 Å². The fourth-order valence-corrected chi connectivity index (χ4v) is 1.29. The van der Waals surface area contributed by atoms with Crippen molar-refractivity contribution in [3.8, 4) is 0 Å². The zero-order chi connectivity index (χ0) is 14.6. The Labute approximate surface area is 108 Å². The van der Waals surface area contributed by atoms with E-state index in [2.05, 4.69) is 10.6 Å². The first kappa shape index (κ1) is 15.4. The molecule has 0 aromatic heterocycles. The van der Waals surface area contributed by atoms with Crippen molar-refractivity contribution in [2.45, 2.75) is 26.1 Å². The van der Waals surface area contributed by atoms with Crippen LogP contribution in [0.3, 0.4) is 0 Å². The molecule has 1 aromatic rings. The third-order valence-corrected chi connectivity index (χ3v) is 2.24. The fourth-order valence-electron chi connectivity index (χ4n) is 1.29. The van der Waals surface area contributed by atoms with Gasteiger partial charge in [0.15, 0.2) is 0 Å². The molecule has 2 N–H and O–H groups in total. The molecule has 0 heterocycles. The molecule has 0 radical (unpaired) electrons. The summed E-state index contributed by atoms with van der Waals surface area (Å²) in [5.74, 6) is -1.52. The van der Waals surface area contributed by atoms with Crippen LogP contribution in [0, 0.1) is 5.82 Å². The average Bonchev–Trinajstić information content (AvgIpc) is 2.28. The molecule has 0 unspecified atom stereocenters. The lowest BCUT2D eigenvalue weighted by molar-refractivity contribution is -0.137. The lowest BCUT2D eigenvalue weighted by atomic mass is 10.2. The summed E-state index contributed by atoms with van der Waals surface area (Å²) in [6, 6.07) is 1.91. The van der Waals surface area contributed by atoms with Crippen LogP contribution >= 0.6 is 0 Å². The molecule has 19 heavy (non-hydrogen) atoms. The first-order valence-corrected chi connectivity index (χ1v) is 5.60. The van der Waals surface area contributed by atoms with Crippen molar-refractivity contribution in [3.63, 3.8) is 0 Å². The van der Waals surface area contributed by atoms with Crippen molar-refractivity contribution >= 4 is 11.6 Å². The van der Waals surface area contributed by atoms with Crippen LogP contribution in [0.15, 0.2) is 18.2 Å². The molecule has 3 nitrogen and oxygen atoms in total. The van der Waals surface area contributed by atoms with Gasteiger partial charge >= 0.3 is 6.18 Å². The van der Waals surface area contributed by atoms with Gasteiger partial charge in [0.1, 0.15) is 5.82 Å². The topological polar surface area (TPSA) is 41.1 Å². The van der Waals surface area contributed by atoms with E-state index in [9.17, 15) is 22.4 Å². The number of carbonyl (C=O) groups excluding carboxylic acids is 1. The van der Waals surface area contributed by atoms with Crippen LogP contribution in [0.4, 0.5) is 23.2 Å². The molecule has 0 aliphatic carbocycles. The minimum absolute atomic E-state index is 0.0390. The first-order chi connectivity index (χ1) is 8.70. The highest BCUT2D eigenvalue weighted by Crippen LogP contribution is 2.31. The Morgan fingerprint density at radius 1 is 1.32 bits per heavy atom. The van der Waals surface area contributed by atoms with Gasteiger partial charge in [0.2, 0.25) is 5.91 Å². The van der Waals surface area contributed by atoms with Gasteiger partial charge in [-0.05, 0) is 18.2 Å². The van der Waals surface area contributed by atoms with Crippen molar-refractivity contribution in [2.24, 2.45) is 0 Å². The van der Waals surface area contributed by atoms with E-state index in [0.717, 1.165) is 0 Å². The molecule has 0 saturated carbocycles. The summed E-state index contributed by atoms with van der Waals surface area (Å²) in [6.45, 7) is 3.50. The van der Waals surface area contributed by atoms with Crippen LogP contribution in [-0.2, 0) is 11.0 Å². The van der Waals surface area contributed by atoms with Crippen molar-refractivity contribution < 1.29 is 22.4 Å². The Kier molecular flexibility index (Phi) is 4.88. The minimum atomic E-state index is -4.58. The Hall–Kier alpha value is -1.63. The number of alkyl halides is 3. The van der Waals surface area contributed by atoms with Gasteiger partial charge in [0, 0.05) is 6.04 Å². The highest BCUT2D eigenvalue weighted by atomic mass is 19.4. The van der Waals surface area contributed by atoms with Crippen molar-refractivity contribution in [2.75, 3.05) is 11.9 Å². The summed E-state index contributed by atoms with van der Waals surface area (Å²) in [7, 11) is 0. The number of anilines is 1. The predicted octanol–water partition coefficient (Wildman–Crippen LogP) is 2.78.